The number of nitrogens with zero attached hydrogens (tertiary/aromatic N) is 2. The summed E-state index contributed by atoms with van der Waals surface area (Å²) in [4.78, 5) is 10.4. The maximum Gasteiger partial charge on any atom is 0.160 e. The molecule has 10 rings (SSSR count). The van der Waals surface area contributed by atoms with Crippen molar-refractivity contribution in [2.75, 3.05) is 0 Å². The quantitative estimate of drug-likeness (QED) is 0.188. The van der Waals surface area contributed by atoms with Crippen LogP contribution in [-0.2, 0) is 0 Å². The number of hydrogen-bond acceptors (Lipinski definition) is 4. The highest BCUT2D eigenvalue weighted by Crippen LogP contribution is 2.36. The number of furan rings is 2. The lowest BCUT2D eigenvalue weighted by Crippen LogP contribution is -1.96. The Bertz CT molecular complexity index is 2880. The van der Waals surface area contributed by atoms with Gasteiger partial charge in [-0.25, -0.2) is 9.97 Å². The molecule has 0 aliphatic heterocycles. The molecule has 0 radical (unpaired) electrons. The first-order valence-corrected chi connectivity index (χ1v) is 16.7. The summed E-state index contributed by atoms with van der Waals surface area (Å²) >= 11 is 0. The molecule has 0 unspecified atom stereocenters. The molecule has 0 amide bonds. The van der Waals surface area contributed by atoms with Crippen LogP contribution in [-0.4, -0.2) is 9.97 Å². The molecule has 4 heteroatoms. The van der Waals surface area contributed by atoms with E-state index in [1.807, 2.05) is 48.5 Å². The van der Waals surface area contributed by atoms with Crippen LogP contribution in [0.2, 0.25) is 0 Å². The van der Waals surface area contributed by atoms with Crippen LogP contribution in [0.15, 0.2) is 179 Å². The third-order valence-electron chi connectivity index (χ3n) is 9.50. The van der Waals surface area contributed by atoms with Crippen molar-refractivity contribution in [2.45, 2.75) is 0 Å². The Balaban J connectivity index is 1.13. The molecular weight excluding hydrogens is 613 g/mol. The molecular formula is C46H28N2O2. The number of rotatable bonds is 5. The zero-order valence-corrected chi connectivity index (χ0v) is 26.9. The van der Waals surface area contributed by atoms with Crippen molar-refractivity contribution in [3.8, 4) is 56.2 Å². The van der Waals surface area contributed by atoms with E-state index in [0.717, 1.165) is 83.1 Å². The molecule has 3 heterocycles. The summed E-state index contributed by atoms with van der Waals surface area (Å²) in [5.41, 5.74) is 12.6. The molecule has 0 bridgehead atoms. The van der Waals surface area contributed by atoms with Gasteiger partial charge >= 0.3 is 0 Å². The van der Waals surface area contributed by atoms with E-state index in [1.165, 1.54) is 11.1 Å². The first-order valence-electron chi connectivity index (χ1n) is 16.7. The number of benzene rings is 7. The molecule has 0 aliphatic rings. The Labute approximate surface area is 287 Å². The zero-order chi connectivity index (χ0) is 33.0. The van der Waals surface area contributed by atoms with E-state index in [4.69, 9.17) is 18.8 Å². The minimum atomic E-state index is 0.653. The predicted octanol–water partition coefficient (Wildman–Crippen LogP) is 12.6. The summed E-state index contributed by atoms with van der Waals surface area (Å²) in [6.45, 7) is 0. The second-order valence-electron chi connectivity index (χ2n) is 12.6. The summed E-state index contributed by atoms with van der Waals surface area (Å²) in [6.07, 6.45) is 0. The van der Waals surface area contributed by atoms with Gasteiger partial charge in [0.25, 0.3) is 0 Å². The fraction of sp³-hybridized carbons (Fsp3) is 0. The summed E-state index contributed by atoms with van der Waals surface area (Å²) in [7, 11) is 0. The van der Waals surface area contributed by atoms with Crippen molar-refractivity contribution in [3.05, 3.63) is 170 Å². The van der Waals surface area contributed by atoms with Crippen LogP contribution >= 0.6 is 0 Å². The first kappa shape index (κ1) is 28.3. The van der Waals surface area contributed by atoms with Gasteiger partial charge in [-0.3, -0.25) is 0 Å². The molecule has 7 aromatic carbocycles. The maximum atomic E-state index is 6.28. The second kappa shape index (κ2) is 11.4. The monoisotopic (exact) mass is 640 g/mol. The van der Waals surface area contributed by atoms with Gasteiger partial charge in [-0.2, -0.15) is 0 Å². The molecule has 3 aromatic heterocycles. The minimum absolute atomic E-state index is 0.653. The number of fused-ring (bicyclic) bond motifs is 6. The molecule has 0 fully saturated rings. The van der Waals surface area contributed by atoms with Crippen LogP contribution in [0.4, 0.5) is 0 Å². The van der Waals surface area contributed by atoms with E-state index in [2.05, 4.69) is 121 Å². The summed E-state index contributed by atoms with van der Waals surface area (Å²) in [6, 6.07) is 58.6. The van der Waals surface area contributed by atoms with Crippen molar-refractivity contribution in [1.82, 2.24) is 9.97 Å². The van der Waals surface area contributed by atoms with Crippen molar-refractivity contribution >= 4 is 43.9 Å². The van der Waals surface area contributed by atoms with Gasteiger partial charge in [0, 0.05) is 38.2 Å². The van der Waals surface area contributed by atoms with Gasteiger partial charge in [0.1, 0.15) is 22.3 Å². The summed E-state index contributed by atoms with van der Waals surface area (Å²) < 4.78 is 12.4. The smallest absolute Gasteiger partial charge is 0.160 e. The lowest BCUT2D eigenvalue weighted by Gasteiger charge is -2.11. The number of aromatic nitrogens is 2. The van der Waals surface area contributed by atoms with Crippen molar-refractivity contribution < 1.29 is 8.83 Å². The Morgan fingerprint density at radius 2 is 0.780 bits per heavy atom. The zero-order valence-electron chi connectivity index (χ0n) is 26.9. The molecule has 0 N–H and O–H groups in total. The van der Waals surface area contributed by atoms with Gasteiger partial charge < -0.3 is 8.83 Å². The molecule has 4 nitrogen and oxygen atoms in total. The van der Waals surface area contributed by atoms with Crippen LogP contribution in [0.5, 0.6) is 0 Å². The predicted molar refractivity (Wildman–Crippen MR) is 204 cm³/mol. The fourth-order valence-corrected chi connectivity index (χ4v) is 6.99. The van der Waals surface area contributed by atoms with Gasteiger partial charge in [-0.05, 0) is 82.9 Å². The minimum Gasteiger partial charge on any atom is -0.456 e. The van der Waals surface area contributed by atoms with E-state index in [-0.39, 0.29) is 0 Å². The molecule has 0 atom stereocenters. The molecule has 234 valence electrons. The third kappa shape index (κ3) is 4.85. The standard InChI is InChI=1S/C46H28N2O2/c1-2-10-29(11-3-1)30-12-8-13-31(24-30)32-14-9-15-35(25-32)46-47-40(33-21-23-44-39(26-33)37-17-5-7-19-43(37)49-44)28-41(48-46)34-20-22-38-36-16-4-6-18-42(36)50-45(38)27-34/h1-28H. The molecule has 10 aromatic rings. The molecule has 0 saturated heterocycles. The Kier molecular flexibility index (Phi) is 6.46. The van der Waals surface area contributed by atoms with Gasteiger partial charge in [-0.1, -0.05) is 109 Å². The summed E-state index contributed by atoms with van der Waals surface area (Å²) in [5, 5.41) is 4.33. The van der Waals surface area contributed by atoms with Crippen LogP contribution in [0.1, 0.15) is 0 Å². The summed E-state index contributed by atoms with van der Waals surface area (Å²) in [5.74, 6) is 0.653. The normalized spacial score (nSPS) is 11.6. The SMILES string of the molecule is c1ccc(-c2cccc(-c3cccc(-c4nc(-c5ccc6c(c5)oc5ccccc56)cc(-c5ccc6oc7ccccc7c6c5)n4)c3)c2)cc1. The fourth-order valence-electron chi connectivity index (χ4n) is 6.99. The molecule has 50 heavy (non-hydrogen) atoms. The highest BCUT2D eigenvalue weighted by atomic mass is 16.3. The Morgan fingerprint density at radius 1 is 0.280 bits per heavy atom. The van der Waals surface area contributed by atoms with Crippen LogP contribution in [0.25, 0.3) is 100 Å². The average molecular weight is 641 g/mol. The van der Waals surface area contributed by atoms with Crippen LogP contribution in [0.3, 0.4) is 0 Å². The first-order chi connectivity index (χ1) is 24.7. The lowest BCUT2D eigenvalue weighted by molar-refractivity contribution is 0.668. The second-order valence-corrected chi connectivity index (χ2v) is 12.6. The Hall–Kier alpha value is -6.78. The van der Waals surface area contributed by atoms with E-state index < -0.39 is 0 Å². The van der Waals surface area contributed by atoms with Gasteiger partial charge in [-0.15, -0.1) is 0 Å². The maximum absolute atomic E-state index is 6.28. The van der Waals surface area contributed by atoms with Crippen molar-refractivity contribution in [3.63, 3.8) is 0 Å². The van der Waals surface area contributed by atoms with E-state index >= 15 is 0 Å². The molecule has 0 spiro atoms. The van der Waals surface area contributed by atoms with Crippen molar-refractivity contribution in [1.29, 1.82) is 0 Å². The van der Waals surface area contributed by atoms with Gasteiger partial charge in [0.05, 0.1) is 11.4 Å². The van der Waals surface area contributed by atoms with E-state index in [1.54, 1.807) is 0 Å². The highest BCUT2D eigenvalue weighted by molar-refractivity contribution is 6.07. The lowest BCUT2D eigenvalue weighted by atomic mass is 9.97. The molecule has 0 saturated carbocycles. The third-order valence-corrected chi connectivity index (χ3v) is 9.50. The molecule has 0 aliphatic carbocycles. The average Bonchev–Trinajstić information content (AvgIpc) is 3.76. The van der Waals surface area contributed by atoms with Crippen LogP contribution in [0, 0.1) is 0 Å². The Morgan fingerprint density at radius 3 is 1.52 bits per heavy atom. The largest absolute Gasteiger partial charge is 0.456 e. The van der Waals surface area contributed by atoms with Crippen LogP contribution < -0.4 is 0 Å². The topological polar surface area (TPSA) is 52.1 Å². The van der Waals surface area contributed by atoms with E-state index in [0.29, 0.717) is 5.82 Å². The van der Waals surface area contributed by atoms with Crippen molar-refractivity contribution in [2.24, 2.45) is 0 Å². The number of hydrogen-bond donors (Lipinski definition) is 0. The van der Waals surface area contributed by atoms with Gasteiger partial charge in [0.2, 0.25) is 0 Å². The van der Waals surface area contributed by atoms with Gasteiger partial charge in [0.15, 0.2) is 5.82 Å². The number of para-hydroxylation sites is 2. The highest BCUT2D eigenvalue weighted by Gasteiger charge is 2.16. The van der Waals surface area contributed by atoms with E-state index in [9.17, 15) is 0 Å².